The Bertz CT molecular complexity index is 806. The predicted octanol–water partition coefficient (Wildman–Crippen LogP) is 3.00. The number of halogens is 3. The van der Waals surface area contributed by atoms with Gasteiger partial charge in [-0.15, -0.1) is 0 Å². The van der Waals surface area contributed by atoms with Gasteiger partial charge in [0.2, 0.25) is 6.10 Å². The summed E-state index contributed by atoms with van der Waals surface area (Å²) >= 11 is 0. The average molecular weight is 350 g/mol. The molecule has 0 bridgehead atoms. The highest BCUT2D eigenvalue weighted by atomic mass is 19.4. The summed E-state index contributed by atoms with van der Waals surface area (Å²) in [6, 6.07) is 11.5. The second-order valence-electron chi connectivity index (χ2n) is 5.22. The summed E-state index contributed by atoms with van der Waals surface area (Å²) in [6.45, 7) is 0.0158. The Morgan fingerprint density at radius 2 is 1.92 bits per heavy atom. The number of amides is 1. The van der Waals surface area contributed by atoms with Crippen LogP contribution in [-0.2, 0) is 11.0 Å². The fourth-order valence-corrected chi connectivity index (χ4v) is 2.19. The number of hydrazone groups is 1. The van der Waals surface area contributed by atoms with E-state index >= 15 is 0 Å². The first-order valence-corrected chi connectivity index (χ1v) is 7.32. The molecule has 1 heterocycles. The normalized spacial score (nSPS) is 16.7. The van der Waals surface area contributed by atoms with Gasteiger partial charge < -0.3 is 9.47 Å². The third-order valence-corrected chi connectivity index (χ3v) is 3.40. The van der Waals surface area contributed by atoms with E-state index in [1.807, 2.05) is 0 Å². The van der Waals surface area contributed by atoms with E-state index in [-0.39, 0.29) is 12.2 Å². The number of para-hydroxylation sites is 2. The number of nitrogens with one attached hydrogen (secondary N) is 1. The van der Waals surface area contributed by atoms with E-state index in [4.69, 9.17) is 9.47 Å². The molecule has 1 aliphatic rings. The Morgan fingerprint density at radius 1 is 1.16 bits per heavy atom. The topological polar surface area (TPSA) is 59.9 Å². The number of carbonyl (C=O) groups is 1. The molecule has 0 spiro atoms. The van der Waals surface area contributed by atoms with Gasteiger partial charge in [-0.2, -0.15) is 18.3 Å². The van der Waals surface area contributed by atoms with E-state index in [9.17, 15) is 18.0 Å². The minimum absolute atomic E-state index is 0.0158. The van der Waals surface area contributed by atoms with Crippen molar-refractivity contribution in [1.82, 2.24) is 5.43 Å². The number of rotatable bonds is 3. The standard InChI is InChI=1S/C17H13F3N2O3/c18-17(19,20)12-5-3-4-11(8-12)9-21-22-16(23)15-10-24-13-6-1-2-7-14(13)25-15/h1-9,15H,10H2,(H,22,23)/b21-9-/t15-/m0/s1. The number of benzene rings is 2. The lowest BCUT2D eigenvalue weighted by Crippen LogP contribution is -2.42. The highest BCUT2D eigenvalue weighted by molar-refractivity contribution is 5.85. The highest BCUT2D eigenvalue weighted by Crippen LogP contribution is 2.31. The van der Waals surface area contributed by atoms with Crippen molar-refractivity contribution in [2.24, 2.45) is 5.10 Å². The van der Waals surface area contributed by atoms with Gasteiger partial charge in [0.05, 0.1) is 11.8 Å². The van der Waals surface area contributed by atoms with Crippen molar-refractivity contribution < 1.29 is 27.4 Å². The third kappa shape index (κ3) is 4.09. The van der Waals surface area contributed by atoms with Crippen LogP contribution in [0.25, 0.3) is 0 Å². The van der Waals surface area contributed by atoms with Gasteiger partial charge in [0, 0.05) is 0 Å². The summed E-state index contributed by atoms with van der Waals surface area (Å²) in [4.78, 5) is 12.0. The van der Waals surface area contributed by atoms with Crippen LogP contribution < -0.4 is 14.9 Å². The smallest absolute Gasteiger partial charge is 0.416 e. The molecule has 0 fully saturated rings. The summed E-state index contributed by atoms with van der Waals surface area (Å²) in [5, 5.41) is 3.67. The Hall–Kier alpha value is -3.03. The molecule has 3 rings (SSSR count). The minimum Gasteiger partial charge on any atom is -0.485 e. The van der Waals surface area contributed by atoms with Crippen LogP contribution in [0.1, 0.15) is 11.1 Å². The average Bonchev–Trinajstić information content (AvgIpc) is 2.61. The van der Waals surface area contributed by atoms with Crippen molar-refractivity contribution in [3.8, 4) is 11.5 Å². The molecular weight excluding hydrogens is 337 g/mol. The maximum absolute atomic E-state index is 12.6. The van der Waals surface area contributed by atoms with E-state index in [1.54, 1.807) is 24.3 Å². The van der Waals surface area contributed by atoms with Crippen molar-refractivity contribution in [3.05, 3.63) is 59.7 Å². The lowest BCUT2D eigenvalue weighted by molar-refractivity contribution is -0.137. The molecule has 1 amide bonds. The summed E-state index contributed by atoms with van der Waals surface area (Å²) in [6.07, 6.45) is -4.20. The molecule has 0 aromatic heterocycles. The maximum atomic E-state index is 12.6. The lowest BCUT2D eigenvalue weighted by atomic mass is 10.1. The predicted molar refractivity (Wildman–Crippen MR) is 83.5 cm³/mol. The van der Waals surface area contributed by atoms with Gasteiger partial charge in [-0.05, 0) is 29.8 Å². The van der Waals surface area contributed by atoms with Crippen LogP contribution in [0.15, 0.2) is 53.6 Å². The van der Waals surface area contributed by atoms with E-state index < -0.39 is 23.8 Å². The van der Waals surface area contributed by atoms with Gasteiger partial charge >= 0.3 is 6.18 Å². The zero-order valence-electron chi connectivity index (χ0n) is 12.8. The Morgan fingerprint density at radius 3 is 2.68 bits per heavy atom. The van der Waals surface area contributed by atoms with Gasteiger partial charge in [0.1, 0.15) is 6.61 Å². The molecule has 0 saturated carbocycles. The molecule has 0 unspecified atom stereocenters. The summed E-state index contributed by atoms with van der Waals surface area (Å²) in [5.74, 6) is 0.424. The van der Waals surface area contributed by atoms with Crippen molar-refractivity contribution in [1.29, 1.82) is 0 Å². The maximum Gasteiger partial charge on any atom is 0.416 e. The van der Waals surface area contributed by atoms with Crippen LogP contribution >= 0.6 is 0 Å². The largest absolute Gasteiger partial charge is 0.485 e. The first-order valence-electron chi connectivity index (χ1n) is 7.32. The van der Waals surface area contributed by atoms with Gasteiger partial charge in [0.15, 0.2) is 11.5 Å². The summed E-state index contributed by atoms with van der Waals surface area (Å²) in [7, 11) is 0. The lowest BCUT2D eigenvalue weighted by Gasteiger charge is -2.24. The second-order valence-corrected chi connectivity index (χ2v) is 5.22. The van der Waals surface area contributed by atoms with Crippen molar-refractivity contribution in [2.45, 2.75) is 12.3 Å². The van der Waals surface area contributed by atoms with Crippen LogP contribution in [0.3, 0.4) is 0 Å². The Labute approximate surface area is 141 Å². The molecule has 2 aromatic carbocycles. The number of carbonyl (C=O) groups excluding carboxylic acids is 1. The van der Waals surface area contributed by atoms with Crippen LogP contribution in [0.4, 0.5) is 13.2 Å². The third-order valence-electron chi connectivity index (χ3n) is 3.40. The molecule has 0 radical (unpaired) electrons. The molecule has 0 saturated heterocycles. The van der Waals surface area contributed by atoms with Crippen LogP contribution in [0.5, 0.6) is 11.5 Å². The highest BCUT2D eigenvalue weighted by Gasteiger charge is 2.30. The number of nitrogens with zero attached hydrogens (tertiary/aromatic N) is 1. The van der Waals surface area contributed by atoms with Crippen LogP contribution in [0, 0.1) is 0 Å². The molecule has 5 nitrogen and oxygen atoms in total. The van der Waals surface area contributed by atoms with E-state index in [0.29, 0.717) is 11.5 Å². The number of hydrogen-bond acceptors (Lipinski definition) is 4. The van der Waals surface area contributed by atoms with Gasteiger partial charge in [0.25, 0.3) is 5.91 Å². The number of ether oxygens (including phenoxy) is 2. The van der Waals surface area contributed by atoms with E-state index in [0.717, 1.165) is 18.3 Å². The molecule has 1 aliphatic heterocycles. The molecule has 1 N–H and O–H groups in total. The van der Waals surface area contributed by atoms with E-state index in [1.165, 1.54) is 12.1 Å². The summed E-state index contributed by atoms with van der Waals surface area (Å²) in [5.41, 5.74) is 1.66. The van der Waals surface area contributed by atoms with Gasteiger partial charge in [-0.1, -0.05) is 24.3 Å². The first kappa shape index (κ1) is 16.8. The first-order chi connectivity index (χ1) is 11.9. The zero-order valence-corrected chi connectivity index (χ0v) is 12.8. The molecule has 2 aromatic rings. The number of fused-ring (bicyclic) bond motifs is 1. The molecule has 8 heteroatoms. The fraction of sp³-hybridized carbons (Fsp3) is 0.176. The monoisotopic (exact) mass is 350 g/mol. The van der Waals surface area contributed by atoms with Gasteiger partial charge in [-0.25, -0.2) is 5.43 Å². The molecule has 0 aliphatic carbocycles. The van der Waals surface area contributed by atoms with Crippen LogP contribution in [0.2, 0.25) is 0 Å². The quantitative estimate of drug-likeness (QED) is 0.684. The van der Waals surface area contributed by atoms with E-state index in [2.05, 4.69) is 10.5 Å². The molecular formula is C17H13F3N2O3. The molecule has 130 valence electrons. The molecule has 1 atom stereocenters. The van der Waals surface area contributed by atoms with Crippen molar-refractivity contribution in [2.75, 3.05) is 6.61 Å². The summed E-state index contributed by atoms with van der Waals surface area (Å²) < 4.78 is 48.8. The zero-order chi connectivity index (χ0) is 17.9. The van der Waals surface area contributed by atoms with Gasteiger partial charge in [-0.3, -0.25) is 4.79 Å². The Balaban J connectivity index is 1.60. The van der Waals surface area contributed by atoms with Crippen molar-refractivity contribution in [3.63, 3.8) is 0 Å². The Kier molecular flexibility index (Phi) is 4.60. The number of alkyl halides is 3. The van der Waals surface area contributed by atoms with Crippen molar-refractivity contribution >= 4 is 12.1 Å². The molecule has 25 heavy (non-hydrogen) atoms. The second kappa shape index (κ2) is 6.84. The van der Waals surface area contributed by atoms with Crippen LogP contribution in [-0.4, -0.2) is 24.8 Å². The number of hydrogen-bond donors (Lipinski definition) is 1. The minimum atomic E-state index is -4.44. The SMILES string of the molecule is O=C(N/N=C\c1cccc(C(F)(F)F)c1)[C@@H]1COc2ccccc2O1. The fourth-order valence-electron chi connectivity index (χ4n) is 2.19.